The van der Waals surface area contributed by atoms with Gasteiger partial charge in [-0.05, 0) is 81.0 Å². The number of Topliss-reactive ketones (excluding diaryl/α,β-unsaturated/α-hetero) is 1. The largest absolute Gasteiger partial charge is 0.573 e. The zero-order valence-corrected chi connectivity index (χ0v) is 20.3. The Bertz CT molecular complexity index is 985. The number of aryl methyl sites for hydroxylation is 3. The van der Waals surface area contributed by atoms with E-state index >= 15 is 0 Å². The van der Waals surface area contributed by atoms with E-state index in [1.165, 1.54) is 12.1 Å². The smallest absolute Gasteiger partial charge is 0.476 e. The minimum absolute atomic E-state index is 0.186. The maximum absolute atomic E-state index is 12.5. The summed E-state index contributed by atoms with van der Waals surface area (Å²) in [6.07, 6.45) is -4.15. The van der Waals surface area contributed by atoms with Gasteiger partial charge >= 0.3 is 12.3 Å². The van der Waals surface area contributed by atoms with Gasteiger partial charge in [0.05, 0.1) is 6.61 Å². The molecule has 0 atom stereocenters. The van der Waals surface area contributed by atoms with Crippen molar-refractivity contribution in [2.75, 3.05) is 6.61 Å². The molecule has 0 amide bonds. The first-order chi connectivity index (χ1) is 15.7. The van der Waals surface area contributed by atoms with Crippen molar-refractivity contribution in [3.8, 4) is 11.5 Å². The van der Waals surface area contributed by atoms with E-state index < -0.39 is 17.9 Å². The van der Waals surface area contributed by atoms with E-state index in [1.54, 1.807) is 13.8 Å². The summed E-state index contributed by atoms with van der Waals surface area (Å²) < 4.78 is 52.0. The lowest BCUT2D eigenvalue weighted by atomic mass is 9.98. The van der Waals surface area contributed by atoms with E-state index in [0.29, 0.717) is 24.3 Å². The maximum atomic E-state index is 12.5. The van der Waals surface area contributed by atoms with Crippen molar-refractivity contribution < 1.29 is 37.0 Å². The molecule has 2 aromatic rings. The number of alkyl halides is 3. The first-order valence-electron chi connectivity index (χ1n) is 11.0. The molecule has 186 valence electrons. The molecule has 34 heavy (non-hydrogen) atoms. The number of benzene rings is 2. The molecular weight excluding hydrogens is 449 g/mol. The van der Waals surface area contributed by atoms with Crippen molar-refractivity contribution in [3.05, 3.63) is 58.7 Å². The molecule has 0 radical (unpaired) electrons. The van der Waals surface area contributed by atoms with Crippen LogP contribution in [0.25, 0.3) is 0 Å². The summed E-state index contributed by atoms with van der Waals surface area (Å²) in [6.45, 7) is 11.3. The van der Waals surface area contributed by atoms with Crippen LogP contribution in [0.15, 0.2) is 36.4 Å². The number of rotatable bonds is 10. The third kappa shape index (κ3) is 8.08. The van der Waals surface area contributed by atoms with Crippen molar-refractivity contribution in [1.29, 1.82) is 0 Å². The van der Waals surface area contributed by atoms with E-state index in [0.717, 1.165) is 28.8 Å². The van der Waals surface area contributed by atoms with Crippen LogP contribution in [0.2, 0.25) is 0 Å². The topological polar surface area (TPSA) is 61.8 Å². The predicted octanol–water partition coefficient (Wildman–Crippen LogP) is 6.37. The monoisotopic (exact) mass is 480 g/mol. The molecule has 0 aliphatic rings. The third-order valence-electron chi connectivity index (χ3n) is 4.97. The Kier molecular flexibility index (Phi) is 8.75. The van der Waals surface area contributed by atoms with Crippen LogP contribution in [0.4, 0.5) is 13.2 Å². The Hall–Kier alpha value is -3.03. The number of ketones is 1. The highest BCUT2D eigenvalue weighted by atomic mass is 19.4. The fourth-order valence-corrected chi connectivity index (χ4v) is 3.30. The van der Waals surface area contributed by atoms with Gasteiger partial charge in [0, 0.05) is 12.0 Å². The first-order valence-corrected chi connectivity index (χ1v) is 11.0. The quantitative estimate of drug-likeness (QED) is 0.292. The number of esters is 1. The average molecular weight is 481 g/mol. The second-order valence-corrected chi connectivity index (χ2v) is 9.16. The number of carbonyl (C=O) groups is 2. The molecule has 0 aromatic heterocycles. The summed E-state index contributed by atoms with van der Waals surface area (Å²) in [7, 11) is 0. The van der Waals surface area contributed by atoms with Crippen LogP contribution in [-0.2, 0) is 16.0 Å². The molecule has 0 saturated carbocycles. The highest BCUT2D eigenvalue weighted by Crippen LogP contribution is 2.30. The van der Waals surface area contributed by atoms with Crippen molar-refractivity contribution in [1.82, 2.24) is 0 Å². The molecular formula is C26H31F3O5. The number of hydrogen-bond donors (Lipinski definition) is 0. The van der Waals surface area contributed by atoms with Crippen molar-refractivity contribution in [2.45, 2.75) is 66.3 Å². The fraction of sp³-hybridized carbons (Fsp3) is 0.462. The molecule has 0 aliphatic heterocycles. The lowest BCUT2D eigenvalue weighted by Gasteiger charge is -2.27. The summed E-state index contributed by atoms with van der Waals surface area (Å²) in [4.78, 5) is 24.9. The highest BCUT2D eigenvalue weighted by Gasteiger charge is 2.33. The van der Waals surface area contributed by atoms with E-state index in [4.69, 9.17) is 9.47 Å². The minimum atomic E-state index is -4.78. The second-order valence-electron chi connectivity index (χ2n) is 9.16. The average Bonchev–Trinajstić information content (AvgIpc) is 2.72. The number of ether oxygens (including phenoxy) is 3. The minimum Gasteiger partial charge on any atom is -0.476 e. The molecule has 0 bridgehead atoms. The lowest BCUT2D eigenvalue weighted by Crippen LogP contribution is -2.40. The molecule has 0 aliphatic carbocycles. The zero-order chi connectivity index (χ0) is 25.7. The third-order valence-corrected chi connectivity index (χ3v) is 4.97. The van der Waals surface area contributed by atoms with Crippen LogP contribution in [0, 0.1) is 19.8 Å². The van der Waals surface area contributed by atoms with Gasteiger partial charge in [-0.25, -0.2) is 4.79 Å². The molecule has 0 unspecified atom stereocenters. The van der Waals surface area contributed by atoms with E-state index in [1.807, 2.05) is 39.8 Å². The molecule has 8 heteroatoms. The highest BCUT2D eigenvalue weighted by molar-refractivity contribution is 5.96. The van der Waals surface area contributed by atoms with E-state index in [-0.39, 0.29) is 23.9 Å². The summed E-state index contributed by atoms with van der Waals surface area (Å²) in [6, 6.07) is 8.66. The summed E-state index contributed by atoms with van der Waals surface area (Å²) in [5.41, 5.74) is 1.70. The Morgan fingerprint density at radius 3 is 2.00 bits per heavy atom. The molecule has 0 fully saturated rings. The van der Waals surface area contributed by atoms with Crippen LogP contribution in [-0.4, -0.2) is 30.3 Å². The first kappa shape index (κ1) is 27.2. The normalized spacial score (nSPS) is 11.9. The second kappa shape index (κ2) is 10.9. The molecule has 0 spiro atoms. The standard InChI is InChI=1S/C26H31F3O5/c1-16(2)15-32-24(31)25(5,6)34-23-17(3)13-19(14-18(23)4)7-12-22(30)20-8-10-21(11-9-20)33-26(27,28)29/h8-11,13-14,16H,7,12,15H2,1-6H3. The summed E-state index contributed by atoms with van der Waals surface area (Å²) in [5, 5.41) is 0. The maximum Gasteiger partial charge on any atom is 0.573 e. The van der Waals surface area contributed by atoms with Crippen molar-refractivity contribution in [2.24, 2.45) is 5.92 Å². The Balaban J connectivity index is 2.03. The van der Waals surface area contributed by atoms with Gasteiger partial charge in [-0.2, -0.15) is 0 Å². The molecule has 0 N–H and O–H groups in total. The Labute approximate surface area is 198 Å². The SMILES string of the molecule is Cc1cc(CCC(=O)c2ccc(OC(F)(F)F)cc2)cc(C)c1OC(C)(C)C(=O)OCC(C)C. The van der Waals surface area contributed by atoms with Crippen LogP contribution in [0.5, 0.6) is 11.5 Å². The van der Waals surface area contributed by atoms with Crippen LogP contribution < -0.4 is 9.47 Å². The fourth-order valence-electron chi connectivity index (χ4n) is 3.30. The van der Waals surface area contributed by atoms with Gasteiger partial charge in [0.1, 0.15) is 11.5 Å². The summed E-state index contributed by atoms with van der Waals surface area (Å²) in [5.74, 6) is -0.204. The van der Waals surface area contributed by atoms with Crippen molar-refractivity contribution in [3.63, 3.8) is 0 Å². The van der Waals surface area contributed by atoms with Crippen LogP contribution >= 0.6 is 0 Å². The Morgan fingerprint density at radius 1 is 0.941 bits per heavy atom. The Morgan fingerprint density at radius 2 is 1.50 bits per heavy atom. The van der Waals surface area contributed by atoms with Gasteiger partial charge in [0.2, 0.25) is 0 Å². The van der Waals surface area contributed by atoms with E-state index in [2.05, 4.69) is 4.74 Å². The van der Waals surface area contributed by atoms with Crippen LogP contribution in [0.1, 0.15) is 61.2 Å². The van der Waals surface area contributed by atoms with Gasteiger partial charge < -0.3 is 14.2 Å². The van der Waals surface area contributed by atoms with Gasteiger partial charge in [-0.15, -0.1) is 13.2 Å². The molecule has 2 aromatic carbocycles. The van der Waals surface area contributed by atoms with Crippen LogP contribution in [0.3, 0.4) is 0 Å². The number of carbonyl (C=O) groups excluding carboxylic acids is 2. The summed E-state index contributed by atoms with van der Waals surface area (Å²) >= 11 is 0. The van der Waals surface area contributed by atoms with Crippen molar-refractivity contribution >= 4 is 11.8 Å². The lowest BCUT2D eigenvalue weighted by molar-refractivity contribution is -0.274. The van der Waals surface area contributed by atoms with Gasteiger partial charge in [-0.3, -0.25) is 4.79 Å². The van der Waals surface area contributed by atoms with Gasteiger partial charge in [-0.1, -0.05) is 26.0 Å². The van der Waals surface area contributed by atoms with Gasteiger partial charge in [0.25, 0.3) is 0 Å². The number of halogens is 3. The van der Waals surface area contributed by atoms with Gasteiger partial charge in [0.15, 0.2) is 11.4 Å². The molecule has 0 saturated heterocycles. The number of hydrogen-bond acceptors (Lipinski definition) is 5. The predicted molar refractivity (Wildman–Crippen MR) is 122 cm³/mol. The molecule has 0 heterocycles. The zero-order valence-electron chi connectivity index (χ0n) is 20.3. The van der Waals surface area contributed by atoms with E-state index in [9.17, 15) is 22.8 Å². The molecule has 2 rings (SSSR count). The molecule has 5 nitrogen and oxygen atoms in total.